The highest BCUT2D eigenvalue weighted by Crippen LogP contribution is 1.96. The van der Waals surface area contributed by atoms with Gasteiger partial charge in [-0.05, 0) is 25.0 Å². The van der Waals surface area contributed by atoms with Crippen molar-refractivity contribution in [3.05, 3.63) is 29.9 Å². The average molecular weight is 178 g/mol. The molecule has 0 aliphatic rings. The number of rotatable bonds is 4. The summed E-state index contributed by atoms with van der Waals surface area (Å²) in [5, 5.41) is 0. The molecule has 0 N–H and O–H groups in total. The van der Waals surface area contributed by atoms with Crippen LogP contribution in [0.4, 0.5) is 0 Å². The molecule has 0 aromatic carbocycles. The number of hydrogen-bond acceptors (Lipinski definition) is 3. The highest BCUT2D eigenvalue weighted by molar-refractivity contribution is 5.39. The van der Waals surface area contributed by atoms with Gasteiger partial charge in [-0.2, -0.15) is 0 Å². The van der Waals surface area contributed by atoms with Crippen molar-refractivity contribution < 1.29 is 4.74 Å². The van der Waals surface area contributed by atoms with E-state index >= 15 is 0 Å². The van der Waals surface area contributed by atoms with Crippen LogP contribution in [-0.2, 0) is 4.74 Å². The summed E-state index contributed by atoms with van der Waals surface area (Å²) in [4.78, 5) is 8.27. The van der Waals surface area contributed by atoms with Crippen LogP contribution in [0.25, 0.3) is 6.08 Å². The number of aryl methyl sites for hydroxylation is 1. The molecule has 0 atom stereocenters. The molecule has 0 radical (unpaired) electrons. The molecule has 1 rings (SSSR count). The zero-order valence-electron chi connectivity index (χ0n) is 8.03. The molecule has 0 spiro atoms. The Morgan fingerprint density at radius 2 is 2.08 bits per heavy atom. The third kappa shape index (κ3) is 3.80. The molecule has 1 aromatic heterocycles. The molecule has 3 heteroatoms. The second-order valence-corrected chi connectivity index (χ2v) is 2.80. The van der Waals surface area contributed by atoms with E-state index in [2.05, 4.69) is 9.97 Å². The second-order valence-electron chi connectivity index (χ2n) is 2.80. The van der Waals surface area contributed by atoms with Crippen LogP contribution in [0.15, 0.2) is 18.5 Å². The monoisotopic (exact) mass is 178 g/mol. The van der Waals surface area contributed by atoms with Gasteiger partial charge in [0.25, 0.3) is 0 Å². The quantitative estimate of drug-likeness (QED) is 0.660. The van der Waals surface area contributed by atoms with Gasteiger partial charge in [-0.15, -0.1) is 0 Å². The number of methoxy groups -OCH3 is 1. The van der Waals surface area contributed by atoms with E-state index in [4.69, 9.17) is 4.74 Å². The van der Waals surface area contributed by atoms with Crippen molar-refractivity contribution in [3.8, 4) is 0 Å². The predicted molar refractivity (Wildman–Crippen MR) is 52.3 cm³/mol. The molecule has 3 nitrogen and oxygen atoms in total. The summed E-state index contributed by atoms with van der Waals surface area (Å²) in [6.07, 6.45) is 8.42. The fraction of sp³-hybridized carbons (Fsp3) is 0.400. The van der Waals surface area contributed by atoms with Gasteiger partial charge in [0.2, 0.25) is 0 Å². The smallest absolute Gasteiger partial charge is 0.151 e. The van der Waals surface area contributed by atoms with Gasteiger partial charge in [0.1, 0.15) is 0 Å². The number of nitrogens with zero attached hydrogens (tertiary/aromatic N) is 2. The molecule has 70 valence electrons. The lowest BCUT2D eigenvalue weighted by molar-refractivity contribution is 0.204. The lowest BCUT2D eigenvalue weighted by Crippen LogP contribution is -1.88. The van der Waals surface area contributed by atoms with Crippen LogP contribution in [-0.4, -0.2) is 23.7 Å². The zero-order chi connectivity index (χ0) is 9.52. The van der Waals surface area contributed by atoms with Gasteiger partial charge >= 0.3 is 0 Å². The van der Waals surface area contributed by atoms with Gasteiger partial charge in [0.15, 0.2) is 5.82 Å². The summed E-state index contributed by atoms with van der Waals surface area (Å²) in [5.41, 5.74) is 1.08. The number of ether oxygens (including phenoxy) is 1. The Labute approximate surface area is 78.5 Å². The Hall–Kier alpha value is -1.22. The third-order valence-electron chi connectivity index (χ3n) is 1.56. The van der Waals surface area contributed by atoms with E-state index in [1.165, 1.54) is 0 Å². The first-order valence-corrected chi connectivity index (χ1v) is 4.27. The van der Waals surface area contributed by atoms with Gasteiger partial charge < -0.3 is 4.74 Å². The molecule has 0 saturated heterocycles. The normalized spacial score (nSPS) is 10.9. The predicted octanol–water partition coefficient (Wildman–Crippen LogP) is 1.83. The lowest BCUT2D eigenvalue weighted by atomic mass is 10.3. The Kier molecular flexibility index (Phi) is 4.12. The van der Waals surface area contributed by atoms with E-state index in [1.807, 2.05) is 31.5 Å². The van der Waals surface area contributed by atoms with E-state index < -0.39 is 0 Å². The summed E-state index contributed by atoms with van der Waals surface area (Å²) < 4.78 is 4.91. The summed E-state index contributed by atoms with van der Waals surface area (Å²) in [6.45, 7) is 2.71. The van der Waals surface area contributed by atoms with Crippen molar-refractivity contribution in [1.82, 2.24) is 9.97 Å². The van der Waals surface area contributed by atoms with Crippen LogP contribution < -0.4 is 0 Å². The number of aromatic nitrogens is 2. The summed E-state index contributed by atoms with van der Waals surface area (Å²) in [7, 11) is 1.69. The maximum atomic E-state index is 4.91. The molecular formula is C10H14N2O. The molecule has 1 heterocycles. The minimum absolute atomic E-state index is 0.738. The van der Waals surface area contributed by atoms with E-state index in [9.17, 15) is 0 Å². The van der Waals surface area contributed by atoms with Crippen LogP contribution in [0.3, 0.4) is 0 Å². The molecule has 1 aromatic rings. The fourth-order valence-corrected chi connectivity index (χ4v) is 0.863. The minimum atomic E-state index is 0.738. The molecule has 0 aliphatic carbocycles. The zero-order valence-corrected chi connectivity index (χ0v) is 8.03. The van der Waals surface area contributed by atoms with Gasteiger partial charge in [0.05, 0.1) is 0 Å². The molecule has 13 heavy (non-hydrogen) atoms. The standard InChI is InChI=1S/C10H14N2O/c1-9-7-11-10(12-8-9)5-3-4-6-13-2/h3,5,7-8H,4,6H2,1-2H3. The first-order valence-electron chi connectivity index (χ1n) is 4.27. The van der Waals surface area contributed by atoms with Gasteiger partial charge in [-0.1, -0.05) is 6.08 Å². The van der Waals surface area contributed by atoms with Crippen molar-refractivity contribution in [2.24, 2.45) is 0 Å². The SMILES string of the molecule is COCCC=Cc1ncc(C)cn1. The van der Waals surface area contributed by atoms with Crippen LogP contribution in [0.5, 0.6) is 0 Å². The molecule has 0 aliphatic heterocycles. The summed E-state index contributed by atoms with van der Waals surface area (Å²) in [6, 6.07) is 0. The lowest BCUT2D eigenvalue weighted by Gasteiger charge is -1.93. The fourth-order valence-electron chi connectivity index (χ4n) is 0.863. The molecular weight excluding hydrogens is 164 g/mol. The van der Waals surface area contributed by atoms with Crippen molar-refractivity contribution in [1.29, 1.82) is 0 Å². The minimum Gasteiger partial charge on any atom is -0.384 e. The van der Waals surface area contributed by atoms with Gasteiger partial charge in [-0.3, -0.25) is 0 Å². The van der Waals surface area contributed by atoms with Crippen LogP contribution in [0, 0.1) is 6.92 Å². The van der Waals surface area contributed by atoms with E-state index in [0.717, 1.165) is 24.4 Å². The summed E-state index contributed by atoms with van der Waals surface area (Å²) in [5.74, 6) is 0.752. The van der Waals surface area contributed by atoms with Crippen LogP contribution in [0.1, 0.15) is 17.8 Å². The van der Waals surface area contributed by atoms with Crippen LogP contribution >= 0.6 is 0 Å². The molecule has 0 unspecified atom stereocenters. The van der Waals surface area contributed by atoms with E-state index in [-0.39, 0.29) is 0 Å². The molecule has 0 saturated carbocycles. The highest BCUT2D eigenvalue weighted by Gasteiger charge is 1.88. The first kappa shape index (κ1) is 9.86. The van der Waals surface area contributed by atoms with Gasteiger partial charge in [0, 0.05) is 26.1 Å². The Morgan fingerprint density at radius 3 is 2.69 bits per heavy atom. The topological polar surface area (TPSA) is 35.0 Å². The van der Waals surface area contributed by atoms with Gasteiger partial charge in [-0.25, -0.2) is 9.97 Å². The van der Waals surface area contributed by atoms with Crippen molar-refractivity contribution >= 4 is 6.08 Å². The Balaban J connectivity index is 2.44. The Bertz CT molecular complexity index is 267. The van der Waals surface area contributed by atoms with Crippen LogP contribution in [0.2, 0.25) is 0 Å². The van der Waals surface area contributed by atoms with Crippen molar-refractivity contribution in [2.45, 2.75) is 13.3 Å². The second kappa shape index (κ2) is 5.43. The average Bonchev–Trinajstić information content (AvgIpc) is 2.15. The highest BCUT2D eigenvalue weighted by atomic mass is 16.5. The van der Waals surface area contributed by atoms with Crippen molar-refractivity contribution in [3.63, 3.8) is 0 Å². The Morgan fingerprint density at radius 1 is 1.38 bits per heavy atom. The first-order chi connectivity index (χ1) is 6.33. The molecule has 0 amide bonds. The third-order valence-corrected chi connectivity index (χ3v) is 1.56. The molecule has 0 fully saturated rings. The maximum absolute atomic E-state index is 4.91. The summed E-state index contributed by atoms with van der Waals surface area (Å²) >= 11 is 0. The van der Waals surface area contributed by atoms with Crippen molar-refractivity contribution in [2.75, 3.05) is 13.7 Å². The molecule has 0 bridgehead atoms. The largest absolute Gasteiger partial charge is 0.384 e. The number of hydrogen-bond donors (Lipinski definition) is 0. The van der Waals surface area contributed by atoms with E-state index in [0.29, 0.717) is 0 Å². The van der Waals surface area contributed by atoms with E-state index in [1.54, 1.807) is 7.11 Å². The maximum Gasteiger partial charge on any atom is 0.151 e.